The first-order chi connectivity index (χ1) is 11.7. The van der Waals surface area contributed by atoms with Gasteiger partial charge in [-0.1, -0.05) is 6.07 Å². The van der Waals surface area contributed by atoms with Gasteiger partial charge in [-0.15, -0.1) is 11.3 Å². The minimum atomic E-state index is -0.0234. The SMILES string of the molecule is CN1C(=O)CC(c2ccncc2)C12CCN(Cc1cccs1)CC2. The highest BCUT2D eigenvalue weighted by atomic mass is 32.1. The standard InChI is InChI=1S/C19H23N3OS/c1-21-18(23)13-17(15-4-8-20-9-5-15)19(21)6-10-22(11-7-19)14-16-3-2-12-24-16/h2-5,8-9,12,17H,6-7,10-11,13-14H2,1H3. The van der Waals surface area contributed by atoms with E-state index in [0.717, 1.165) is 32.5 Å². The van der Waals surface area contributed by atoms with E-state index in [4.69, 9.17) is 0 Å². The van der Waals surface area contributed by atoms with Crippen LogP contribution in [0.15, 0.2) is 42.0 Å². The fourth-order valence-corrected chi connectivity index (χ4v) is 5.16. The lowest BCUT2D eigenvalue weighted by molar-refractivity contribution is -0.130. The molecule has 4 heterocycles. The molecule has 2 aromatic rings. The average molecular weight is 341 g/mol. The first kappa shape index (κ1) is 15.8. The second kappa shape index (κ2) is 6.30. The monoisotopic (exact) mass is 341 g/mol. The topological polar surface area (TPSA) is 36.4 Å². The van der Waals surface area contributed by atoms with Crippen LogP contribution in [0.4, 0.5) is 0 Å². The molecule has 2 saturated heterocycles. The van der Waals surface area contributed by atoms with Crippen molar-refractivity contribution in [2.45, 2.75) is 37.3 Å². The van der Waals surface area contributed by atoms with Gasteiger partial charge in [-0.25, -0.2) is 0 Å². The van der Waals surface area contributed by atoms with Crippen LogP contribution in [-0.2, 0) is 11.3 Å². The number of pyridine rings is 1. The lowest BCUT2D eigenvalue weighted by Gasteiger charge is -2.46. The highest BCUT2D eigenvalue weighted by Crippen LogP contribution is 2.48. The summed E-state index contributed by atoms with van der Waals surface area (Å²) in [7, 11) is 2.00. The number of thiophene rings is 1. The molecule has 1 spiro atoms. The normalized spacial score (nSPS) is 24.0. The number of hydrogen-bond donors (Lipinski definition) is 0. The molecule has 5 heteroatoms. The van der Waals surface area contributed by atoms with E-state index in [1.54, 1.807) is 0 Å². The minimum Gasteiger partial charge on any atom is -0.339 e. The van der Waals surface area contributed by atoms with Crippen LogP contribution in [0.3, 0.4) is 0 Å². The fourth-order valence-electron chi connectivity index (χ4n) is 4.41. The van der Waals surface area contributed by atoms with Crippen LogP contribution in [0.5, 0.6) is 0 Å². The predicted octanol–water partition coefficient (Wildman–Crippen LogP) is 3.12. The van der Waals surface area contributed by atoms with E-state index in [1.165, 1.54) is 10.4 Å². The first-order valence-electron chi connectivity index (χ1n) is 8.60. The van der Waals surface area contributed by atoms with Crippen molar-refractivity contribution in [2.24, 2.45) is 0 Å². The van der Waals surface area contributed by atoms with E-state index in [2.05, 4.69) is 39.5 Å². The van der Waals surface area contributed by atoms with Gasteiger partial charge >= 0.3 is 0 Å². The van der Waals surface area contributed by atoms with Crippen molar-refractivity contribution >= 4 is 17.2 Å². The molecule has 2 aliphatic rings. The molecular formula is C19H23N3OS. The van der Waals surface area contributed by atoms with Gasteiger partial charge in [0, 0.05) is 56.3 Å². The molecule has 2 aromatic heterocycles. The van der Waals surface area contributed by atoms with Crippen LogP contribution in [-0.4, -0.2) is 46.4 Å². The van der Waals surface area contributed by atoms with Crippen molar-refractivity contribution in [1.29, 1.82) is 0 Å². The molecule has 126 valence electrons. The molecule has 0 aromatic carbocycles. The van der Waals surface area contributed by atoms with Crippen molar-refractivity contribution < 1.29 is 4.79 Å². The van der Waals surface area contributed by atoms with Crippen LogP contribution >= 0.6 is 11.3 Å². The summed E-state index contributed by atoms with van der Waals surface area (Å²) in [5.41, 5.74) is 1.24. The van der Waals surface area contributed by atoms with Crippen molar-refractivity contribution in [3.63, 3.8) is 0 Å². The van der Waals surface area contributed by atoms with Gasteiger partial charge in [0.05, 0.1) is 5.54 Å². The maximum absolute atomic E-state index is 12.5. The Balaban J connectivity index is 1.53. The van der Waals surface area contributed by atoms with Crippen molar-refractivity contribution in [2.75, 3.05) is 20.1 Å². The number of likely N-dealkylation sites (tertiary alicyclic amines) is 2. The molecule has 0 saturated carbocycles. The van der Waals surface area contributed by atoms with Gasteiger partial charge in [0.1, 0.15) is 0 Å². The first-order valence-corrected chi connectivity index (χ1v) is 9.48. The molecule has 1 unspecified atom stereocenters. The summed E-state index contributed by atoms with van der Waals surface area (Å²) in [5, 5.41) is 2.14. The molecule has 1 atom stereocenters. The van der Waals surface area contributed by atoms with Crippen LogP contribution in [0.25, 0.3) is 0 Å². The van der Waals surface area contributed by atoms with Gasteiger partial charge < -0.3 is 4.90 Å². The Morgan fingerprint density at radius 1 is 1.25 bits per heavy atom. The maximum atomic E-state index is 12.5. The summed E-state index contributed by atoms with van der Waals surface area (Å²) in [5.74, 6) is 0.574. The number of piperidine rings is 1. The third kappa shape index (κ3) is 2.66. The lowest BCUT2D eigenvalue weighted by Crippen LogP contribution is -2.53. The van der Waals surface area contributed by atoms with E-state index < -0.39 is 0 Å². The Hall–Kier alpha value is -1.72. The molecule has 0 radical (unpaired) electrons. The molecule has 4 rings (SSSR count). The lowest BCUT2D eigenvalue weighted by atomic mass is 9.74. The molecule has 0 N–H and O–H groups in total. The van der Waals surface area contributed by atoms with Gasteiger partial charge in [-0.05, 0) is 42.0 Å². The molecule has 2 fully saturated rings. The third-order valence-corrected chi connectivity index (χ3v) is 6.72. The van der Waals surface area contributed by atoms with E-state index in [9.17, 15) is 4.79 Å². The highest BCUT2D eigenvalue weighted by molar-refractivity contribution is 7.09. The number of likely N-dealkylation sites (N-methyl/N-ethyl adjacent to an activating group) is 1. The van der Waals surface area contributed by atoms with Gasteiger partial charge in [0.2, 0.25) is 5.91 Å². The smallest absolute Gasteiger partial charge is 0.223 e. The molecule has 0 aliphatic carbocycles. The van der Waals surface area contributed by atoms with E-state index in [0.29, 0.717) is 12.3 Å². The number of carbonyl (C=O) groups is 1. The van der Waals surface area contributed by atoms with Crippen LogP contribution in [0.2, 0.25) is 0 Å². The Bertz CT molecular complexity index is 693. The van der Waals surface area contributed by atoms with Gasteiger partial charge in [0.25, 0.3) is 0 Å². The Morgan fingerprint density at radius 2 is 2.00 bits per heavy atom. The summed E-state index contributed by atoms with van der Waals surface area (Å²) in [6.07, 6.45) is 6.42. The molecule has 0 bridgehead atoms. The van der Waals surface area contributed by atoms with Gasteiger partial charge in [-0.2, -0.15) is 0 Å². The highest BCUT2D eigenvalue weighted by Gasteiger charge is 2.52. The summed E-state index contributed by atoms with van der Waals surface area (Å²) in [6.45, 7) is 3.14. The molecule has 2 aliphatic heterocycles. The zero-order valence-corrected chi connectivity index (χ0v) is 14.8. The van der Waals surface area contributed by atoms with Crippen molar-refractivity contribution in [3.8, 4) is 0 Å². The van der Waals surface area contributed by atoms with E-state index in [-0.39, 0.29) is 11.4 Å². The summed E-state index contributed by atoms with van der Waals surface area (Å²) in [4.78, 5) is 22.6. The number of aromatic nitrogens is 1. The second-order valence-electron chi connectivity index (χ2n) is 6.95. The summed E-state index contributed by atoms with van der Waals surface area (Å²) < 4.78 is 0. The number of carbonyl (C=O) groups excluding carboxylic acids is 1. The zero-order chi connectivity index (χ0) is 16.6. The maximum Gasteiger partial charge on any atom is 0.223 e. The minimum absolute atomic E-state index is 0.0234. The molecular weight excluding hydrogens is 318 g/mol. The summed E-state index contributed by atoms with van der Waals surface area (Å²) >= 11 is 1.83. The molecule has 4 nitrogen and oxygen atoms in total. The van der Waals surface area contributed by atoms with E-state index in [1.807, 2.05) is 35.7 Å². The molecule has 1 amide bonds. The number of hydrogen-bond acceptors (Lipinski definition) is 4. The van der Waals surface area contributed by atoms with Crippen LogP contribution < -0.4 is 0 Å². The summed E-state index contributed by atoms with van der Waals surface area (Å²) in [6, 6.07) is 8.49. The number of amides is 1. The van der Waals surface area contributed by atoms with Crippen molar-refractivity contribution in [3.05, 3.63) is 52.5 Å². The number of rotatable bonds is 3. The Kier molecular flexibility index (Phi) is 4.14. The largest absolute Gasteiger partial charge is 0.339 e. The average Bonchev–Trinajstić information content (AvgIpc) is 3.21. The predicted molar refractivity (Wildman–Crippen MR) is 95.9 cm³/mol. The van der Waals surface area contributed by atoms with Crippen molar-refractivity contribution in [1.82, 2.24) is 14.8 Å². The zero-order valence-electron chi connectivity index (χ0n) is 14.0. The Labute approximate surface area is 147 Å². The Morgan fingerprint density at radius 3 is 2.67 bits per heavy atom. The molecule has 24 heavy (non-hydrogen) atoms. The van der Waals surface area contributed by atoms with E-state index >= 15 is 0 Å². The number of nitrogens with zero attached hydrogens (tertiary/aromatic N) is 3. The van der Waals surface area contributed by atoms with Gasteiger partial charge in [0.15, 0.2) is 0 Å². The quantitative estimate of drug-likeness (QED) is 0.861. The third-order valence-electron chi connectivity index (χ3n) is 5.86. The van der Waals surface area contributed by atoms with Crippen LogP contribution in [0, 0.1) is 0 Å². The van der Waals surface area contributed by atoms with Gasteiger partial charge in [-0.3, -0.25) is 14.7 Å². The fraction of sp³-hybridized carbons (Fsp3) is 0.474. The van der Waals surface area contributed by atoms with Crippen LogP contribution in [0.1, 0.15) is 35.6 Å². The second-order valence-corrected chi connectivity index (χ2v) is 7.98.